The highest BCUT2D eigenvalue weighted by Crippen LogP contribution is 2.67. The van der Waals surface area contributed by atoms with E-state index in [1.54, 1.807) is 0 Å². The number of phosphoric acid groups is 3. The van der Waals surface area contributed by atoms with E-state index in [1.165, 1.54) is 17.2 Å². The van der Waals surface area contributed by atoms with Crippen LogP contribution in [0.1, 0.15) is 83.3 Å². The highest BCUT2D eigenvalue weighted by molar-refractivity contribution is 8.00. The van der Waals surface area contributed by atoms with Crippen LogP contribution in [0, 0.1) is 0 Å². The van der Waals surface area contributed by atoms with Gasteiger partial charge in [0.15, 0.2) is 18.2 Å². The Kier molecular flexibility index (Phi) is 16.1. The minimum atomic E-state index is -5.67. The molecule has 3 fully saturated rings. The van der Waals surface area contributed by atoms with Crippen molar-refractivity contribution in [3.05, 3.63) is 12.5 Å². The largest absolute Gasteiger partial charge is 0.490 e. The maximum atomic E-state index is 12.3. The van der Waals surface area contributed by atoms with Gasteiger partial charge in [0.25, 0.3) is 0 Å². The van der Waals surface area contributed by atoms with Crippen LogP contribution in [0.5, 0.6) is 0 Å². The van der Waals surface area contributed by atoms with Crippen LogP contribution in [-0.2, 0) is 41.2 Å². The summed E-state index contributed by atoms with van der Waals surface area (Å²) in [5.74, 6) is 1.45. The Morgan fingerprint density at radius 1 is 0.893 bits per heavy atom. The van der Waals surface area contributed by atoms with E-state index in [4.69, 9.17) is 19.0 Å². The summed E-state index contributed by atoms with van der Waals surface area (Å²) >= 11 is 1.88. The second kappa shape index (κ2) is 20.3. The van der Waals surface area contributed by atoms with Gasteiger partial charge in [-0.1, -0.05) is 12.8 Å². The Balaban J connectivity index is 0.890. The number of hydrogen-bond donors (Lipinski definition) is 9. The molecule has 0 aliphatic carbocycles. The molecule has 7 unspecified atom stereocenters. The molecule has 0 radical (unpaired) electrons. The van der Waals surface area contributed by atoms with Gasteiger partial charge in [-0.2, -0.15) is 25.5 Å². The van der Waals surface area contributed by atoms with Crippen LogP contribution in [0.15, 0.2) is 12.5 Å². The Morgan fingerprint density at radius 2 is 1.59 bits per heavy atom. The maximum Gasteiger partial charge on any atom is 0.490 e. The predicted octanol–water partition coefficient (Wildman–Crippen LogP) is 2.52. The number of fused-ring (bicyclic) bond motifs is 2. The zero-order chi connectivity index (χ0) is 40.3. The molecule has 314 valence electrons. The minimum absolute atomic E-state index is 0.0206. The summed E-state index contributed by atoms with van der Waals surface area (Å²) in [6.07, 6.45) is 8.29. The number of unbranched alkanes of at least 4 members (excludes halogenated alkanes) is 4. The van der Waals surface area contributed by atoms with Gasteiger partial charge in [-0.05, 0) is 44.9 Å². The standard InChI is InChI=1S/C29H48N9O14P3S/c39-22(9-2-1-5-13-30-23(40)10-4-3-8-21-26-20(17-56-21)36-29(41)37-26)31-14-6-7-15-32-27-19-16-35-38(28(19)34-18-33-27)24-11-12-25(49-24)50-54(45,46)52-55(47,48)51-53(42,43)44/h16,18,20-21,24-26H,1-15,17H2,(H,30,40)(H,31,39)(H,45,46)(H,47,48)(H,32,33,34)(H2,36,37,41)(H2,42,43,44). The van der Waals surface area contributed by atoms with Gasteiger partial charge in [0.2, 0.25) is 11.8 Å². The molecule has 3 saturated heterocycles. The quantitative estimate of drug-likeness (QED) is 0.0416. The maximum absolute atomic E-state index is 12.3. The van der Waals surface area contributed by atoms with Crippen LogP contribution in [0.2, 0.25) is 0 Å². The molecule has 3 aliphatic rings. The van der Waals surface area contributed by atoms with Crippen LogP contribution >= 0.6 is 35.2 Å². The number of amides is 4. The number of nitrogens with zero attached hydrogens (tertiary/aromatic N) is 4. The molecular formula is C29H48N9O14P3S. The van der Waals surface area contributed by atoms with Crippen molar-refractivity contribution in [3.63, 3.8) is 0 Å². The Hall–Kier alpha value is -2.72. The van der Waals surface area contributed by atoms with Crippen LogP contribution in [0.25, 0.3) is 11.0 Å². The van der Waals surface area contributed by atoms with Crippen LogP contribution in [0.3, 0.4) is 0 Å². The van der Waals surface area contributed by atoms with Crippen molar-refractivity contribution in [3.8, 4) is 0 Å². The van der Waals surface area contributed by atoms with E-state index in [0.29, 0.717) is 54.6 Å². The number of nitrogens with one attached hydrogen (secondary N) is 5. The summed E-state index contributed by atoms with van der Waals surface area (Å²) in [6, 6.07) is 0.319. The molecule has 23 nitrogen and oxygen atoms in total. The van der Waals surface area contributed by atoms with E-state index in [-0.39, 0.29) is 42.8 Å². The van der Waals surface area contributed by atoms with E-state index < -0.39 is 36.0 Å². The summed E-state index contributed by atoms with van der Waals surface area (Å²) in [4.78, 5) is 80.9. The van der Waals surface area contributed by atoms with Crippen molar-refractivity contribution in [1.29, 1.82) is 0 Å². The normalized spacial score (nSPS) is 24.2. The highest BCUT2D eigenvalue weighted by atomic mass is 32.2. The minimum Gasteiger partial charge on any atom is -0.369 e. The van der Waals surface area contributed by atoms with Crippen LogP contribution in [0.4, 0.5) is 10.6 Å². The van der Waals surface area contributed by atoms with E-state index in [0.717, 1.165) is 57.1 Å². The van der Waals surface area contributed by atoms with Gasteiger partial charge < -0.3 is 50.9 Å². The molecule has 4 amide bonds. The van der Waals surface area contributed by atoms with Crippen molar-refractivity contribution >= 4 is 69.9 Å². The van der Waals surface area contributed by atoms with Gasteiger partial charge in [0.05, 0.1) is 23.7 Å². The van der Waals surface area contributed by atoms with Crippen molar-refractivity contribution in [2.24, 2.45) is 0 Å². The molecular weight excluding hydrogens is 823 g/mol. The summed E-state index contributed by atoms with van der Waals surface area (Å²) < 4.78 is 53.8. The van der Waals surface area contributed by atoms with E-state index in [1.807, 2.05) is 11.8 Å². The average Bonchev–Trinajstić information content (AvgIpc) is 3.89. The monoisotopic (exact) mass is 871 g/mol. The first-order valence-corrected chi connectivity index (χ1v) is 23.8. The molecule has 27 heteroatoms. The summed E-state index contributed by atoms with van der Waals surface area (Å²) in [5.41, 5.74) is 0.379. The molecule has 0 saturated carbocycles. The lowest BCUT2D eigenvalue weighted by Gasteiger charge is -2.19. The van der Waals surface area contributed by atoms with Gasteiger partial charge >= 0.3 is 29.5 Å². The molecule has 5 heterocycles. The van der Waals surface area contributed by atoms with E-state index in [9.17, 15) is 37.9 Å². The fraction of sp³-hybridized carbons (Fsp3) is 0.724. The number of hydrogen-bond acceptors (Lipinski definition) is 15. The lowest BCUT2D eigenvalue weighted by Crippen LogP contribution is -2.36. The third-order valence-electron chi connectivity index (χ3n) is 8.99. The lowest BCUT2D eigenvalue weighted by molar-refractivity contribution is -0.122. The number of phosphoric ester groups is 1. The van der Waals surface area contributed by atoms with Gasteiger partial charge in [0, 0.05) is 49.9 Å². The molecule has 0 bridgehead atoms. The zero-order valence-corrected chi connectivity index (χ0v) is 33.8. The number of carbonyl (C=O) groups is 3. The average molecular weight is 872 g/mol. The third kappa shape index (κ3) is 14.0. The number of rotatable bonds is 24. The molecule has 7 atom stereocenters. The molecule has 5 rings (SSSR count). The highest BCUT2D eigenvalue weighted by Gasteiger charge is 2.44. The smallest absolute Gasteiger partial charge is 0.369 e. The summed E-state index contributed by atoms with van der Waals surface area (Å²) in [7, 11) is -16.6. The third-order valence-corrected chi connectivity index (χ3v) is 14.3. The topological polar surface area (TPSA) is 324 Å². The molecule has 0 spiro atoms. The number of aromatic nitrogens is 4. The van der Waals surface area contributed by atoms with Gasteiger partial charge in [0.1, 0.15) is 12.1 Å². The molecule has 2 aromatic rings. The molecule has 3 aliphatic heterocycles. The molecule has 0 aromatic carbocycles. The number of thioether (sulfide) groups is 1. The number of ether oxygens (including phenoxy) is 1. The fourth-order valence-electron chi connectivity index (χ4n) is 6.46. The van der Waals surface area contributed by atoms with Crippen molar-refractivity contribution < 1.29 is 65.5 Å². The second-order valence-electron chi connectivity index (χ2n) is 13.4. The van der Waals surface area contributed by atoms with Gasteiger partial charge in [-0.15, -0.1) is 0 Å². The van der Waals surface area contributed by atoms with Crippen molar-refractivity contribution in [2.45, 2.75) is 107 Å². The molecule has 2 aromatic heterocycles. The number of anilines is 1. The first-order valence-electron chi connectivity index (χ1n) is 18.2. The predicted molar refractivity (Wildman–Crippen MR) is 200 cm³/mol. The van der Waals surface area contributed by atoms with Gasteiger partial charge in [-0.3, -0.25) is 14.1 Å². The second-order valence-corrected chi connectivity index (χ2v) is 19.0. The summed E-state index contributed by atoms with van der Waals surface area (Å²) in [6.45, 7) is 1.64. The molecule has 56 heavy (non-hydrogen) atoms. The lowest BCUT2D eigenvalue weighted by atomic mass is 10.0. The fourth-order valence-corrected chi connectivity index (χ4v) is 11.1. The summed E-state index contributed by atoms with van der Waals surface area (Å²) in [5, 5.41) is 20.3. The Labute approximate surface area is 326 Å². The van der Waals surface area contributed by atoms with E-state index in [2.05, 4.69) is 50.3 Å². The van der Waals surface area contributed by atoms with Crippen LogP contribution < -0.4 is 26.6 Å². The van der Waals surface area contributed by atoms with Crippen molar-refractivity contribution in [1.82, 2.24) is 41.0 Å². The van der Waals surface area contributed by atoms with Crippen LogP contribution in [-0.4, -0.2) is 106 Å². The Morgan fingerprint density at radius 3 is 2.32 bits per heavy atom. The van der Waals surface area contributed by atoms with E-state index >= 15 is 0 Å². The molecule has 9 N–H and O–H groups in total. The Bertz CT molecular complexity index is 1820. The number of urea groups is 1. The van der Waals surface area contributed by atoms with Crippen molar-refractivity contribution in [2.75, 3.05) is 30.7 Å². The first kappa shape index (κ1) is 44.4. The zero-order valence-electron chi connectivity index (χ0n) is 30.3. The number of carbonyl (C=O) groups excluding carboxylic acids is 3. The first-order chi connectivity index (χ1) is 26.6. The SMILES string of the molecule is O=C(CCCCCNC(=O)CCCCC1SCC2NC(=O)NC21)NCCCCNc1ncnc2c1cnn2C1CCC(OP(=O)(O)OP(=O)(O)OP(=O)(O)O)O1. The van der Waals surface area contributed by atoms with Gasteiger partial charge in [-0.25, -0.2) is 33.1 Å².